The minimum Gasteiger partial charge on any atom is -0.349 e. The molecule has 0 spiro atoms. The lowest BCUT2D eigenvalue weighted by Crippen LogP contribution is -2.40. The van der Waals surface area contributed by atoms with E-state index in [1.807, 2.05) is 53.4 Å². The molecular weight excluding hydrogens is 284 g/mol. The van der Waals surface area contributed by atoms with Gasteiger partial charge in [-0.1, -0.05) is 12.5 Å². The van der Waals surface area contributed by atoms with Crippen LogP contribution in [0.2, 0.25) is 0 Å². The molecule has 0 radical (unpaired) electrons. The first-order chi connectivity index (χ1) is 11.2. The Balaban J connectivity index is 1.46. The summed E-state index contributed by atoms with van der Waals surface area (Å²) < 4.78 is 2.02. The molecule has 2 bridgehead atoms. The number of nitrogens with zero attached hydrogens (tertiary/aromatic N) is 1. The molecule has 2 fully saturated rings. The molecule has 1 N–H and O–H groups in total. The first-order valence-electron chi connectivity index (χ1n) is 8.75. The smallest absolute Gasteiger partial charge is 0.251 e. The summed E-state index contributed by atoms with van der Waals surface area (Å²) in [4.78, 5) is 12.6. The highest BCUT2D eigenvalue weighted by atomic mass is 16.1. The number of aromatic nitrogens is 1. The molecule has 0 unspecified atom stereocenters. The fraction of sp³-hybridized carbons (Fsp3) is 0.450. The summed E-state index contributed by atoms with van der Waals surface area (Å²) in [7, 11) is 0. The second kappa shape index (κ2) is 5.88. The first-order valence-corrected chi connectivity index (χ1v) is 8.75. The zero-order valence-corrected chi connectivity index (χ0v) is 13.6. The van der Waals surface area contributed by atoms with E-state index >= 15 is 0 Å². The minimum atomic E-state index is 0.0503. The zero-order valence-electron chi connectivity index (χ0n) is 13.6. The van der Waals surface area contributed by atoms with Gasteiger partial charge in [0.15, 0.2) is 0 Å². The summed E-state index contributed by atoms with van der Waals surface area (Å²) in [6.45, 7) is 2.18. The largest absolute Gasteiger partial charge is 0.349 e. The summed E-state index contributed by atoms with van der Waals surface area (Å²) in [5, 5.41) is 3.25. The third-order valence-electron chi connectivity index (χ3n) is 5.80. The van der Waals surface area contributed by atoms with Crippen molar-refractivity contribution in [2.45, 2.75) is 38.6 Å². The Labute approximate surface area is 137 Å². The van der Waals surface area contributed by atoms with E-state index in [0.29, 0.717) is 5.92 Å². The van der Waals surface area contributed by atoms with Gasteiger partial charge in [0.2, 0.25) is 0 Å². The molecule has 2 aromatic rings. The molecule has 2 aliphatic rings. The zero-order chi connectivity index (χ0) is 15.8. The van der Waals surface area contributed by atoms with E-state index in [1.54, 1.807) is 0 Å². The summed E-state index contributed by atoms with van der Waals surface area (Å²) >= 11 is 0. The van der Waals surface area contributed by atoms with Gasteiger partial charge in [0.1, 0.15) is 0 Å². The maximum Gasteiger partial charge on any atom is 0.251 e. The number of nitrogens with one attached hydrogen (secondary N) is 1. The Morgan fingerprint density at radius 1 is 1.17 bits per heavy atom. The van der Waals surface area contributed by atoms with Gasteiger partial charge in [-0.15, -0.1) is 0 Å². The third kappa shape index (κ3) is 2.80. The number of carbonyl (C=O) groups is 1. The molecule has 1 aromatic carbocycles. The average molecular weight is 308 g/mol. The van der Waals surface area contributed by atoms with E-state index in [0.717, 1.165) is 23.1 Å². The quantitative estimate of drug-likeness (QED) is 0.909. The van der Waals surface area contributed by atoms with Crippen molar-refractivity contribution in [3.05, 3.63) is 54.4 Å². The molecule has 2 aliphatic carbocycles. The Morgan fingerprint density at radius 2 is 2.00 bits per heavy atom. The van der Waals surface area contributed by atoms with Gasteiger partial charge in [0.25, 0.3) is 5.91 Å². The van der Waals surface area contributed by atoms with Crippen molar-refractivity contribution in [2.24, 2.45) is 17.8 Å². The highest BCUT2D eigenvalue weighted by molar-refractivity contribution is 5.94. The van der Waals surface area contributed by atoms with Crippen LogP contribution in [0.25, 0.3) is 5.69 Å². The lowest BCUT2D eigenvalue weighted by molar-refractivity contribution is 0.0915. The number of benzene rings is 1. The van der Waals surface area contributed by atoms with Gasteiger partial charge in [0.05, 0.1) is 0 Å². The molecule has 0 aliphatic heterocycles. The summed E-state index contributed by atoms with van der Waals surface area (Å²) in [5.74, 6) is 2.47. The van der Waals surface area contributed by atoms with Crippen LogP contribution in [-0.2, 0) is 0 Å². The maximum absolute atomic E-state index is 12.6. The van der Waals surface area contributed by atoms with Gasteiger partial charge in [-0.05, 0) is 74.3 Å². The monoisotopic (exact) mass is 308 g/mol. The molecule has 1 aromatic heterocycles. The van der Waals surface area contributed by atoms with E-state index in [9.17, 15) is 4.79 Å². The van der Waals surface area contributed by atoms with Crippen molar-refractivity contribution in [1.82, 2.24) is 9.88 Å². The highest BCUT2D eigenvalue weighted by Crippen LogP contribution is 2.49. The fourth-order valence-corrected chi connectivity index (χ4v) is 4.62. The Hall–Kier alpha value is -2.03. The van der Waals surface area contributed by atoms with Crippen molar-refractivity contribution >= 4 is 5.91 Å². The van der Waals surface area contributed by atoms with Crippen LogP contribution >= 0.6 is 0 Å². The molecule has 23 heavy (non-hydrogen) atoms. The minimum absolute atomic E-state index is 0.0503. The second-order valence-corrected chi connectivity index (χ2v) is 7.24. The van der Waals surface area contributed by atoms with E-state index in [4.69, 9.17) is 0 Å². The molecule has 2 saturated carbocycles. The van der Waals surface area contributed by atoms with Crippen molar-refractivity contribution < 1.29 is 4.79 Å². The van der Waals surface area contributed by atoms with Crippen LogP contribution in [0.5, 0.6) is 0 Å². The lowest BCUT2D eigenvalue weighted by Gasteiger charge is -2.28. The molecule has 4 rings (SSSR count). The van der Waals surface area contributed by atoms with Crippen LogP contribution in [-0.4, -0.2) is 16.5 Å². The lowest BCUT2D eigenvalue weighted by atomic mass is 9.84. The van der Waals surface area contributed by atoms with Crippen LogP contribution < -0.4 is 5.32 Å². The summed E-state index contributed by atoms with van der Waals surface area (Å²) in [6.07, 6.45) is 9.44. The molecule has 1 amide bonds. The predicted molar refractivity (Wildman–Crippen MR) is 91.6 cm³/mol. The van der Waals surface area contributed by atoms with Crippen LogP contribution in [0.1, 0.15) is 43.0 Å². The normalized spacial score (nSPS) is 27.1. The predicted octanol–water partition coefficient (Wildman–Crippen LogP) is 4.03. The van der Waals surface area contributed by atoms with E-state index < -0.39 is 0 Å². The van der Waals surface area contributed by atoms with Gasteiger partial charge in [-0.25, -0.2) is 0 Å². The molecular formula is C20H24N2O. The standard InChI is InChI=1S/C20H24N2O/c1-14(19-12-15-7-8-16(19)11-15)21-20(23)17-5-4-6-18(13-17)22-9-2-3-10-22/h2-6,9-10,13-16,19H,7-8,11-12H2,1H3,(H,21,23)/t14-,15+,16+,19-/m1/s1. The van der Waals surface area contributed by atoms with Gasteiger partial charge >= 0.3 is 0 Å². The molecule has 1 heterocycles. The summed E-state index contributed by atoms with van der Waals surface area (Å²) in [6, 6.07) is 12.1. The molecule has 3 heteroatoms. The fourth-order valence-electron chi connectivity index (χ4n) is 4.62. The van der Waals surface area contributed by atoms with Crippen molar-refractivity contribution in [3.8, 4) is 5.69 Å². The van der Waals surface area contributed by atoms with Gasteiger partial charge in [0, 0.05) is 29.7 Å². The molecule has 120 valence electrons. The van der Waals surface area contributed by atoms with E-state index in [-0.39, 0.29) is 11.9 Å². The van der Waals surface area contributed by atoms with Crippen molar-refractivity contribution in [3.63, 3.8) is 0 Å². The van der Waals surface area contributed by atoms with E-state index in [2.05, 4.69) is 12.2 Å². The number of rotatable bonds is 4. The van der Waals surface area contributed by atoms with Crippen LogP contribution in [0, 0.1) is 17.8 Å². The van der Waals surface area contributed by atoms with E-state index in [1.165, 1.54) is 25.7 Å². The van der Waals surface area contributed by atoms with Crippen LogP contribution in [0.3, 0.4) is 0 Å². The van der Waals surface area contributed by atoms with Crippen LogP contribution in [0.15, 0.2) is 48.8 Å². The first kappa shape index (κ1) is 14.6. The Morgan fingerprint density at radius 3 is 2.70 bits per heavy atom. The topological polar surface area (TPSA) is 34.0 Å². The van der Waals surface area contributed by atoms with Crippen LogP contribution in [0.4, 0.5) is 0 Å². The maximum atomic E-state index is 12.6. The SMILES string of the molecule is C[C@@H](NC(=O)c1cccc(-n2cccc2)c1)[C@H]1C[C@H]2CC[C@H]1C2. The van der Waals surface area contributed by atoms with Crippen molar-refractivity contribution in [1.29, 1.82) is 0 Å². The second-order valence-electron chi connectivity index (χ2n) is 7.24. The number of hydrogen-bond donors (Lipinski definition) is 1. The number of carbonyl (C=O) groups excluding carboxylic acids is 1. The van der Waals surface area contributed by atoms with Crippen molar-refractivity contribution in [2.75, 3.05) is 0 Å². The highest BCUT2D eigenvalue weighted by Gasteiger charge is 2.42. The molecule has 0 saturated heterocycles. The van der Waals surface area contributed by atoms with Gasteiger partial charge in [-0.3, -0.25) is 4.79 Å². The number of hydrogen-bond acceptors (Lipinski definition) is 1. The molecule has 3 nitrogen and oxygen atoms in total. The summed E-state index contributed by atoms with van der Waals surface area (Å²) in [5.41, 5.74) is 1.77. The molecule has 4 atom stereocenters. The Kier molecular flexibility index (Phi) is 3.72. The van der Waals surface area contributed by atoms with Gasteiger partial charge in [-0.2, -0.15) is 0 Å². The van der Waals surface area contributed by atoms with Gasteiger partial charge < -0.3 is 9.88 Å². The third-order valence-corrected chi connectivity index (χ3v) is 5.80. The number of fused-ring (bicyclic) bond motifs is 2. The average Bonchev–Trinajstić information content (AvgIpc) is 3.32. The number of amides is 1. The Bertz CT molecular complexity index is 691.